The monoisotopic (exact) mass is 1480 g/mol. The molecule has 36 nitrogen and oxygen atoms in total. The van der Waals surface area contributed by atoms with Crippen LogP contribution in [-0.2, 0) is 76.3 Å². The molecule has 0 saturated carbocycles. The zero-order valence-corrected chi connectivity index (χ0v) is 59.3. The molecule has 0 spiro atoms. The Morgan fingerprint density at radius 1 is 0.385 bits per heavy atom. The van der Waals surface area contributed by atoms with E-state index in [0.717, 1.165) is 0 Å². The number of methoxy groups -OCH3 is 4. The molecule has 0 aromatic carbocycles. The van der Waals surface area contributed by atoms with E-state index in [1.54, 1.807) is 19.6 Å². The quantitative estimate of drug-likeness (QED) is 0.0159. The maximum Gasteiger partial charge on any atom is 0.404 e. The van der Waals surface area contributed by atoms with E-state index in [-0.39, 0.29) is 165 Å². The van der Waals surface area contributed by atoms with Crippen molar-refractivity contribution in [2.45, 2.75) is 109 Å². The lowest BCUT2D eigenvalue weighted by Crippen LogP contribution is -2.55. The van der Waals surface area contributed by atoms with Crippen LogP contribution in [-0.4, -0.2) is 279 Å². The molecule has 0 unspecified atom stereocenters. The number of nitrogens with zero attached hydrogens (tertiary/aromatic N) is 4. The predicted molar refractivity (Wildman–Crippen MR) is 358 cm³/mol. The van der Waals surface area contributed by atoms with Crippen molar-refractivity contribution < 1.29 is 95.4 Å². The number of carbonyl (C=O) groups excluding carboxylic acids is 12. The van der Waals surface area contributed by atoms with Crippen LogP contribution in [0.4, 0.5) is 19.2 Å². The van der Waals surface area contributed by atoms with Crippen LogP contribution in [0.15, 0.2) is 90.2 Å². The molecular weight excluding hydrogens is 1400 g/mol. The van der Waals surface area contributed by atoms with E-state index in [1.165, 1.54) is 77.7 Å². The van der Waals surface area contributed by atoms with E-state index in [4.69, 9.17) is 60.8 Å². The Hall–Kier alpha value is -8.86. The van der Waals surface area contributed by atoms with Gasteiger partial charge in [0, 0.05) is 160 Å². The van der Waals surface area contributed by atoms with Gasteiger partial charge in [0.15, 0.2) is 22.9 Å². The zero-order valence-electron chi connectivity index (χ0n) is 57.6. The minimum absolute atomic E-state index is 0.0365. The van der Waals surface area contributed by atoms with Crippen molar-refractivity contribution in [1.29, 1.82) is 0 Å². The number of Topliss-reactive ketones (excluding diaryl/α,β-unsaturated/α-hetero) is 8. The van der Waals surface area contributed by atoms with Crippen molar-refractivity contribution in [3.05, 3.63) is 90.2 Å². The lowest BCUT2D eigenvalue weighted by Gasteiger charge is -2.39. The summed E-state index contributed by atoms with van der Waals surface area (Å²) in [7, 11) is 8.15. The number of amides is 4. The van der Waals surface area contributed by atoms with Gasteiger partial charge in [-0.25, -0.2) is 19.2 Å². The SMILES string of the molecule is CO[C@@]12[C@H](COC(N)=O)C3=C(C(=O)C(C)=C(NCC(CNC4=C(C)C(=O)C5=C(C4=O)[C@@H](COC(N)=O)[C@@]4(OC)[C@H]6N[C@H]6CN54)SSC(CNC4=C(C)C(=O)C5=C(C4=O)[C@@H](COC(N)=O)[C@@]4(OC)[C@H]6N[C@H]6CN54)CNC4=C(C)C(=O)C5=C(C4=O)[C@@H](COC(N)=O)[C@@]4(OC)[C@H]6N[C@H]6CN54)C3=O)N1C[C@@H]1N[C@@H]12. The number of nitrogens with one attached hydrogen (secondary N) is 8. The van der Waals surface area contributed by atoms with Crippen LogP contribution in [0.3, 0.4) is 0 Å². The average Bonchev–Trinajstić information content (AvgIpc) is 1.53. The number of carbonyl (C=O) groups is 12. The summed E-state index contributed by atoms with van der Waals surface area (Å²) in [6.45, 7) is 4.85. The fourth-order valence-corrected chi connectivity index (χ4v) is 22.0. The Morgan fingerprint density at radius 2 is 0.587 bits per heavy atom. The van der Waals surface area contributed by atoms with Crippen molar-refractivity contribution >= 4 is 92.2 Å². The van der Waals surface area contributed by atoms with E-state index in [2.05, 4.69) is 42.5 Å². The molecule has 4 amide bonds. The van der Waals surface area contributed by atoms with Gasteiger partial charge in [-0.2, -0.15) is 0 Å². The van der Waals surface area contributed by atoms with Crippen molar-refractivity contribution in [1.82, 2.24) is 62.1 Å². The lowest BCUT2D eigenvalue weighted by atomic mass is 9.82. The fraction of sp³-hybridized carbons (Fsp3) is 0.576. The summed E-state index contributed by atoms with van der Waals surface area (Å²) >= 11 is 0. The van der Waals surface area contributed by atoms with E-state index in [9.17, 15) is 38.4 Å². The van der Waals surface area contributed by atoms with Crippen LogP contribution in [0.5, 0.6) is 0 Å². The number of ketones is 8. The van der Waals surface area contributed by atoms with Crippen molar-refractivity contribution in [2.75, 3.05) is 107 Å². The Balaban J connectivity index is 0.732. The highest BCUT2D eigenvalue weighted by Crippen LogP contribution is 2.60. The molecule has 8 saturated heterocycles. The van der Waals surface area contributed by atoms with Gasteiger partial charge in [0.25, 0.3) is 0 Å². The first-order valence-electron chi connectivity index (χ1n) is 34.1. The summed E-state index contributed by atoms with van der Waals surface area (Å²) in [4.78, 5) is 177. The number of rotatable bonds is 27. The normalized spacial score (nSPS) is 35.4. The third kappa shape index (κ3) is 9.52. The highest BCUT2D eigenvalue weighted by Gasteiger charge is 2.77. The first-order valence-corrected chi connectivity index (χ1v) is 36.4. The van der Waals surface area contributed by atoms with Gasteiger partial charge in [0.05, 0.1) is 93.4 Å². The second kappa shape index (κ2) is 24.3. The molecule has 16 aliphatic rings. The summed E-state index contributed by atoms with van der Waals surface area (Å²) in [6.07, 6.45) is -4.46. The first-order chi connectivity index (χ1) is 49.6. The molecule has 12 heterocycles. The molecular formula is C66H78N16O20S2. The third-order valence-electron chi connectivity index (χ3n) is 24.1. The number of ether oxygens (including phenoxy) is 8. The van der Waals surface area contributed by atoms with Gasteiger partial charge in [0.2, 0.25) is 46.3 Å². The molecule has 0 bridgehead atoms. The summed E-state index contributed by atoms with van der Waals surface area (Å²) in [6, 6.07) is -1.75. The second-order valence-corrected chi connectivity index (χ2v) is 31.5. The number of piperazine rings is 4. The minimum Gasteiger partial charge on any atom is -0.449 e. The van der Waals surface area contributed by atoms with Crippen molar-refractivity contribution in [3.63, 3.8) is 0 Å². The van der Waals surface area contributed by atoms with Crippen LogP contribution in [0, 0.1) is 23.7 Å². The van der Waals surface area contributed by atoms with Gasteiger partial charge in [-0.05, 0) is 27.7 Å². The standard InChI is InChI=1S/C66H78N16O20S2/c1-21-39(51(87)35-27(17-99-59(67)91)63(95-5)55-31(75-55)13-79(63)43(35)47(21)83)71-9-25(10-72-40-22(2)48(84)44-36(52(40)88)28(18-100-60(68)92)64(96-6)56-32(76-56)14-80(44)64)103-104-26(11-73-41-23(3)49(85)45-37(53(41)89)29(19-101-61(69)93)65(97-7)57-33(77-57)15-81(45)65)12-74-42-24(4)50(86)46-38(54(42)90)30(20-102-62(70)94)66(98-8)58-34(78-58)16-82(46)66/h25-34,55-58,71-78H,9-20H2,1-8H3,(H2,67,91)(H2,68,92)(H2,69,93)(H2,70,94)/t27-,28-,29-,30-,31+,32+,33+,34+,55+,56+,57+,58+,63-,64-,65-,66-/m1/s1. The van der Waals surface area contributed by atoms with E-state index in [0.29, 0.717) is 26.2 Å². The van der Waals surface area contributed by atoms with Gasteiger partial charge in [-0.1, -0.05) is 21.6 Å². The molecule has 104 heavy (non-hydrogen) atoms. The number of hydrogen-bond acceptors (Lipinski definition) is 34. The molecule has 0 aromatic heterocycles. The molecule has 554 valence electrons. The largest absolute Gasteiger partial charge is 0.449 e. The van der Waals surface area contributed by atoms with E-state index in [1.807, 2.05) is 0 Å². The molecule has 16 atom stereocenters. The number of primary amides is 4. The van der Waals surface area contributed by atoms with E-state index >= 15 is 19.2 Å². The summed E-state index contributed by atoms with van der Waals surface area (Å²) < 4.78 is 46.4. The Kier molecular flexibility index (Phi) is 16.3. The van der Waals surface area contributed by atoms with Gasteiger partial charge < -0.3 is 123 Å². The Morgan fingerprint density at radius 3 is 0.769 bits per heavy atom. The Labute approximate surface area is 600 Å². The smallest absolute Gasteiger partial charge is 0.404 e. The zero-order chi connectivity index (χ0) is 73.8. The number of hydrogen-bond donors (Lipinski definition) is 12. The maximum absolute atomic E-state index is 15.4. The Bertz CT molecular complexity index is 3820. The maximum atomic E-state index is 15.4. The second-order valence-electron chi connectivity index (χ2n) is 28.6. The molecule has 0 aromatic rings. The van der Waals surface area contributed by atoms with Crippen LogP contribution >= 0.6 is 21.6 Å². The number of nitrogens with two attached hydrogens (primary N) is 4. The van der Waals surface area contributed by atoms with Crippen LogP contribution in [0.25, 0.3) is 0 Å². The van der Waals surface area contributed by atoms with Gasteiger partial charge in [-0.15, -0.1) is 0 Å². The topological polar surface area (TPSA) is 532 Å². The van der Waals surface area contributed by atoms with Crippen molar-refractivity contribution in [3.8, 4) is 0 Å². The van der Waals surface area contributed by atoms with Crippen molar-refractivity contribution in [2.24, 2.45) is 46.6 Å². The molecule has 38 heteroatoms. The molecule has 16 N–H and O–H groups in total. The van der Waals surface area contributed by atoms with Crippen LogP contribution < -0.4 is 65.5 Å². The molecule has 16 rings (SSSR count). The lowest BCUT2D eigenvalue weighted by molar-refractivity contribution is -0.137. The fourth-order valence-electron chi connectivity index (χ4n) is 19.3. The third-order valence-corrected chi connectivity index (χ3v) is 27.4. The van der Waals surface area contributed by atoms with Gasteiger partial charge in [0.1, 0.15) is 26.4 Å². The highest BCUT2D eigenvalue weighted by molar-refractivity contribution is 8.77. The first kappa shape index (κ1) is 69.5. The number of fused-ring (bicyclic) bond motifs is 16. The average molecular weight is 1480 g/mol. The minimum atomic E-state index is -1.31. The summed E-state index contributed by atoms with van der Waals surface area (Å²) in [5.41, 5.74) is 17.1. The molecule has 0 radical (unpaired) electrons. The predicted octanol–water partition coefficient (Wildman–Crippen LogP) is -4.92. The van der Waals surface area contributed by atoms with Crippen LogP contribution in [0.1, 0.15) is 27.7 Å². The summed E-state index contributed by atoms with van der Waals surface area (Å²) in [5, 5.41) is 24.8. The molecule has 12 aliphatic heterocycles. The van der Waals surface area contributed by atoms with Gasteiger partial charge >= 0.3 is 24.4 Å². The number of allylic oxidation sites excluding steroid dienone is 8. The molecule has 4 aliphatic carbocycles. The van der Waals surface area contributed by atoms with Crippen LogP contribution in [0.2, 0.25) is 0 Å². The van der Waals surface area contributed by atoms with E-state index < -0.39 is 154 Å². The highest BCUT2D eigenvalue weighted by atomic mass is 33.1. The summed E-state index contributed by atoms with van der Waals surface area (Å²) in [5.74, 6) is -8.37. The molecule has 8 fully saturated rings. The van der Waals surface area contributed by atoms with Gasteiger partial charge in [-0.3, -0.25) is 38.4 Å².